The molecule has 0 aliphatic carbocycles. The number of hydrogen-bond donors (Lipinski definition) is 3. The van der Waals surface area contributed by atoms with Gasteiger partial charge in [-0.2, -0.15) is 0 Å². The van der Waals surface area contributed by atoms with Crippen molar-refractivity contribution in [1.82, 2.24) is 5.32 Å². The maximum Gasteiger partial charge on any atom is 0.321 e. The van der Waals surface area contributed by atoms with E-state index in [0.717, 1.165) is 0 Å². The van der Waals surface area contributed by atoms with E-state index >= 15 is 0 Å². The summed E-state index contributed by atoms with van der Waals surface area (Å²) in [6.45, 7) is 4.64. The van der Waals surface area contributed by atoms with Gasteiger partial charge in [-0.15, -0.1) is 0 Å². The quantitative estimate of drug-likeness (QED) is 0.521. The molecule has 0 fully saturated rings. The van der Waals surface area contributed by atoms with Crippen LogP contribution in [0.5, 0.6) is 0 Å². The topological polar surface area (TPSA) is 84.6 Å². The highest BCUT2D eigenvalue weighted by molar-refractivity contribution is 5.73. The van der Waals surface area contributed by atoms with Gasteiger partial charge in [0.25, 0.3) is 0 Å². The third kappa shape index (κ3) is 5.57. The highest BCUT2D eigenvalue weighted by atomic mass is 16.5. The number of nitrogens with one attached hydrogen (secondary N) is 1. The number of carboxylic acids is 1. The Morgan fingerprint density at radius 1 is 1.69 bits per heavy atom. The summed E-state index contributed by atoms with van der Waals surface area (Å²) in [5.41, 5.74) is 4.99. The van der Waals surface area contributed by atoms with Gasteiger partial charge in [-0.1, -0.05) is 0 Å². The highest BCUT2D eigenvalue weighted by Gasteiger charge is 2.17. The molecule has 0 saturated heterocycles. The number of ether oxygens (including phenoxy) is 1. The molecule has 0 bridgehead atoms. The smallest absolute Gasteiger partial charge is 0.321 e. The zero-order chi connectivity index (χ0) is 10.5. The minimum atomic E-state index is -0.997. The van der Waals surface area contributed by atoms with E-state index in [1.54, 1.807) is 7.11 Å². The minimum Gasteiger partial charge on any atom is -0.480 e. The number of hydrogen-bond acceptors (Lipinski definition) is 4. The zero-order valence-electron chi connectivity index (χ0n) is 8.33. The lowest BCUT2D eigenvalue weighted by Crippen LogP contribution is -2.45. The van der Waals surface area contributed by atoms with Gasteiger partial charge in [-0.05, 0) is 13.8 Å². The average molecular weight is 190 g/mol. The number of rotatable bonds is 6. The molecule has 1 atom stereocenters. The zero-order valence-corrected chi connectivity index (χ0v) is 8.33. The van der Waals surface area contributed by atoms with Crippen LogP contribution in [0.25, 0.3) is 0 Å². The second-order valence-electron chi connectivity index (χ2n) is 3.54. The summed E-state index contributed by atoms with van der Waals surface area (Å²) in [5.74, 6) is -0.997. The van der Waals surface area contributed by atoms with Crippen molar-refractivity contribution in [1.29, 1.82) is 0 Å². The number of carboxylic acid groups (broad SMARTS) is 1. The number of carbonyl (C=O) groups is 1. The van der Waals surface area contributed by atoms with Crippen LogP contribution in [0.3, 0.4) is 0 Å². The van der Waals surface area contributed by atoms with Gasteiger partial charge in [-0.25, -0.2) is 0 Å². The predicted molar refractivity (Wildman–Crippen MR) is 49.6 cm³/mol. The Morgan fingerprint density at radius 2 is 2.23 bits per heavy atom. The van der Waals surface area contributed by atoms with Gasteiger partial charge in [0.2, 0.25) is 0 Å². The molecule has 0 saturated carbocycles. The molecule has 5 nitrogen and oxygen atoms in total. The standard InChI is InChI=1S/C8H18N2O3/c1-8(2,13-3)5-10-4-6(9)7(11)12/h6,10H,4-5,9H2,1-3H3,(H,11,12). The predicted octanol–water partition coefficient (Wildman–Crippen LogP) is -0.587. The maximum absolute atomic E-state index is 10.3. The summed E-state index contributed by atoms with van der Waals surface area (Å²) in [6.07, 6.45) is 0. The van der Waals surface area contributed by atoms with E-state index in [2.05, 4.69) is 5.32 Å². The van der Waals surface area contributed by atoms with Crippen LogP contribution >= 0.6 is 0 Å². The Balaban J connectivity index is 3.62. The van der Waals surface area contributed by atoms with Crippen molar-refractivity contribution in [3.05, 3.63) is 0 Å². The summed E-state index contributed by atoms with van der Waals surface area (Å²) >= 11 is 0. The van der Waals surface area contributed by atoms with Crippen molar-refractivity contribution in [2.24, 2.45) is 5.73 Å². The highest BCUT2D eigenvalue weighted by Crippen LogP contribution is 2.04. The summed E-state index contributed by atoms with van der Waals surface area (Å²) in [5, 5.41) is 11.4. The molecule has 1 unspecified atom stereocenters. The van der Waals surface area contributed by atoms with Crippen LogP contribution in [0, 0.1) is 0 Å². The van der Waals surface area contributed by atoms with Crippen molar-refractivity contribution >= 4 is 5.97 Å². The maximum atomic E-state index is 10.3. The Hall–Kier alpha value is -0.650. The van der Waals surface area contributed by atoms with Gasteiger partial charge < -0.3 is 20.9 Å². The summed E-state index contributed by atoms with van der Waals surface area (Å²) in [4.78, 5) is 10.3. The van der Waals surface area contributed by atoms with Gasteiger partial charge in [0.1, 0.15) is 6.04 Å². The van der Waals surface area contributed by atoms with Crippen LogP contribution in [0.15, 0.2) is 0 Å². The second kappa shape index (κ2) is 5.16. The van der Waals surface area contributed by atoms with E-state index < -0.39 is 12.0 Å². The summed E-state index contributed by atoms with van der Waals surface area (Å²) in [6, 6.07) is -0.854. The van der Waals surface area contributed by atoms with Gasteiger partial charge in [-0.3, -0.25) is 4.79 Å². The van der Waals surface area contributed by atoms with Crippen molar-refractivity contribution < 1.29 is 14.6 Å². The molecule has 0 amide bonds. The fourth-order valence-electron chi connectivity index (χ4n) is 0.688. The van der Waals surface area contributed by atoms with Crippen molar-refractivity contribution in [2.45, 2.75) is 25.5 Å². The molecule has 4 N–H and O–H groups in total. The molecule has 0 aliphatic rings. The molecule has 13 heavy (non-hydrogen) atoms. The third-order valence-corrected chi connectivity index (χ3v) is 1.78. The Labute approximate surface area is 78.3 Å². The van der Waals surface area contributed by atoms with Crippen molar-refractivity contribution in [3.8, 4) is 0 Å². The Bertz CT molecular complexity index is 171. The molecule has 0 aromatic rings. The molecule has 5 heteroatoms. The van der Waals surface area contributed by atoms with Gasteiger partial charge in [0.05, 0.1) is 5.60 Å². The monoisotopic (exact) mass is 190 g/mol. The number of aliphatic carboxylic acids is 1. The largest absolute Gasteiger partial charge is 0.480 e. The summed E-state index contributed by atoms with van der Waals surface area (Å²) in [7, 11) is 1.61. The molecule has 0 aromatic heterocycles. The lowest BCUT2D eigenvalue weighted by Gasteiger charge is -2.23. The average Bonchev–Trinajstić information content (AvgIpc) is 2.04. The first-order chi connectivity index (χ1) is 5.89. The molecule has 0 aromatic carbocycles. The normalized spacial score (nSPS) is 14.2. The van der Waals surface area contributed by atoms with E-state index in [-0.39, 0.29) is 12.1 Å². The second-order valence-corrected chi connectivity index (χ2v) is 3.54. The molecule has 0 heterocycles. The van der Waals surface area contributed by atoms with Crippen LogP contribution in [-0.2, 0) is 9.53 Å². The third-order valence-electron chi connectivity index (χ3n) is 1.78. The lowest BCUT2D eigenvalue weighted by molar-refractivity contribution is -0.138. The van der Waals surface area contributed by atoms with E-state index in [4.69, 9.17) is 15.6 Å². The Kier molecular flexibility index (Phi) is 4.90. The van der Waals surface area contributed by atoms with Crippen LogP contribution in [0.1, 0.15) is 13.8 Å². The minimum absolute atomic E-state index is 0.252. The van der Waals surface area contributed by atoms with Crippen LogP contribution in [-0.4, -0.2) is 42.9 Å². The van der Waals surface area contributed by atoms with Crippen LogP contribution in [0.2, 0.25) is 0 Å². The van der Waals surface area contributed by atoms with Gasteiger partial charge in [0, 0.05) is 20.2 Å². The molecular formula is C8H18N2O3. The molecule has 0 aliphatic heterocycles. The molecule has 78 valence electrons. The van der Waals surface area contributed by atoms with Crippen LogP contribution < -0.4 is 11.1 Å². The first kappa shape index (κ1) is 12.3. The number of nitrogens with two attached hydrogens (primary N) is 1. The van der Waals surface area contributed by atoms with Gasteiger partial charge in [0.15, 0.2) is 0 Å². The fraction of sp³-hybridized carbons (Fsp3) is 0.875. The first-order valence-electron chi connectivity index (χ1n) is 4.13. The van der Waals surface area contributed by atoms with E-state index in [1.165, 1.54) is 0 Å². The molecule has 0 spiro atoms. The number of methoxy groups -OCH3 is 1. The molecule has 0 radical (unpaired) electrons. The Morgan fingerprint density at radius 3 is 2.62 bits per heavy atom. The lowest BCUT2D eigenvalue weighted by atomic mass is 10.1. The van der Waals surface area contributed by atoms with E-state index in [0.29, 0.717) is 6.54 Å². The molecular weight excluding hydrogens is 172 g/mol. The van der Waals surface area contributed by atoms with E-state index in [1.807, 2.05) is 13.8 Å². The van der Waals surface area contributed by atoms with Crippen molar-refractivity contribution in [2.75, 3.05) is 20.2 Å². The van der Waals surface area contributed by atoms with Crippen LogP contribution in [0.4, 0.5) is 0 Å². The fourth-order valence-corrected chi connectivity index (χ4v) is 0.688. The first-order valence-corrected chi connectivity index (χ1v) is 4.13. The van der Waals surface area contributed by atoms with Gasteiger partial charge >= 0.3 is 5.97 Å². The SMILES string of the molecule is COC(C)(C)CNCC(N)C(=O)O. The van der Waals surface area contributed by atoms with Crippen molar-refractivity contribution in [3.63, 3.8) is 0 Å². The molecule has 0 rings (SSSR count). The summed E-state index contributed by atoms with van der Waals surface area (Å²) < 4.78 is 5.13. The van der Waals surface area contributed by atoms with E-state index in [9.17, 15) is 4.79 Å².